The summed E-state index contributed by atoms with van der Waals surface area (Å²) in [5.41, 5.74) is 0.945. The normalized spacial score (nSPS) is 19.8. The lowest BCUT2D eigenvalue weighted by atomic mass is 9.71. The highest BCUT2D eigenvalue weighted by Gasteiger charge is 2.50. The molecule has 1 aliphatic carbocycles. The van der Waals surface area contributed by atoms with Gasteiger partial charge in [0.1, 0.15) is 17.2 Å². The van der Waals surface area contributed by atoms with Crippen molar-refractivity contribution >= 4 is 15.9 Å². The Morgan fingerprint density at radius 3 is 2.41 bits per heavy atom. The molecule has 0 saturated carbocycles. The summed E-state index contributed by atoms with van der Waals surface area (Å²) in [5, 5.41) is 2.87. The third-order valence-corrected chi connectivity index (χ3v) is 8.82. The Bertz CT molecular complexity index is 1340. The number of aromatic nitrogens is 2. The Hall–Kier alpha value is -3.11. The fourth-order valence-corrected chi connectivity index (χ4v) is 6.73. The third-order valence-electron chi connectivity index (χ3n) is 7.04. The Labute approximate surface area is 196 Å². The Morgan fingerprint density at radius 1 is 1.09 bits per heavy atom. The summed E-state index contributed by atoms with van der Waals surface area (Å²) in [6.45, 7) is 0.487. The predicted octanol–water partition coefficient (Wildman–Crippen LogP) is 2.78. The molecule has 1 atom stereocenters. The molecule has 7 nitrogen and oxygen atoms in total. The van der Waals surface area contributed by atoms with Gasteiger partial charge in [0.2, 0.25) is 0 Å². The average molecular weight is 487 g/mol. The number of piperidine rings is 1. The molecule has 34 heavy (non-hydrogen) atoms. The molecule has 1 aromatic heterocycles. The van der Waals surface area contributed by atoms with E-state index >= 15 is 0 Å². The zero-order valence-corrected chi connectivity index (χ0v) is 19.4. The van der Waals surface area contributed by atoms with Crippen LogP contribution in [0.1, 0.15) is 34.3 Å². The number of amides is 1. The summed E-state index contributed by atoms with van der Waals surface area (Å²) >= 11 is 0. The van der Waals surface area contributed by atoms with E-state index in [1.54, 1.807) is 11.6 Å². The van der Waals surface area contributed by atoms with Crippen LogP contribution in [0, 0.1) is 11.6 Å². The van der Waals surface area contributed by atoms with Crippen LogP contribution < -0.4 is 5.32 Å². The topological polar surface area (TPSA) is 84.3 Å². The molecule has 3 aromatic rings. The Kier molecular flexibility index (Phi) is 5.52. The minimum absolute atomic E-state index is 0.00217. The molecular weight excluding hydrogens is 462 g/mol. The minimum Gasteiger partial charge on any atom is -0.348 e. The first kappa shape index (κ1) is 22.7. The summed E-state index contributed by atoms with van der Waals surface area (Å²) in [7, 11) is -2.04. The van der Waals surface area contributed by atoms with E-state index in [4.69, 9.17) is 0 Å². The van der Waals surface area contributed by atoms with Gasteiger partial charge in [-0.15, -0.1) is 0 Å². The van der Waals surface area contributed by atoms with Gasteiger partial charge in [0.15, 0.2) is 5.03 Å². The molecule has 1 amide bonds. The number of carbonyl (C=O) groups is 1. The SMILES string of the molecule is Cn1cnc(S(=O)(=O)N2CCC3(CC2)c2ccccc2CC3NC(=O)c2c(F)cccc2F)c1. The van der Waals surface area contributed by atoms with Crippen LogP contribution in [-0.2, 0) is 28.9 Å². The summed E-state index contributed by atoms with van der Waals surface area (Å²) in [5.74, 6) is -2.65. The van der Waals surface area contributed by atoms with Gasteiger partial charge < -0.3 is 9.88 Å². The first-order valence-corrected chi connectivity index (χ1v) is 12.5. The summed E-state index contributed by atoms with van der Waals surface area (Å²) in [6.07, 6.45) is 4.34. The highest BCUT2D eigenvalue weighted by Crippen LogP contribution is 2.47. The smallest absolute Gasteiger partial charge is 0.262 e. The van der Waals surface area contributed by atoms with Gasteiger partial charge in [0.25, 0.3) is 15.9 Å². The standard InChI is InChI=1S/C24H24F2N4O3S/c1-29-14-21(27-15-29)34(32,33)30-11-9-24(10-12-30)17-6-3-2-5-16(17)13-20(24)28-23(31)22-18(25)7-4-8-19(22)26/h2-8,14-15,20H,9-13H2,1H3,(H,28,31). The zero-order valence-electron chi connectivity index (χ0n) is 18.5. The highest BCUT2D eigenvalue weighted by atomic mass is 32.2. The van der Waals surface area contributed by atoms with Gasteiger partial charge in [0.05, 0.1) is 6.33 Å². The van der Waals surface area contributed by atoms with Crippen molar-refractivity contribution in [2.45, 2.75) is 35.7 Å². The zero-order chi connectivity index (χ0) is 24.1. The molecule has 10 heteroatoms. The molecule has 1 fully saturated rings. The predicted molar refractivity (Wildman–Crippen MR) is 121 cm³/mol. The number of hydrogen-bond donors (Lipinski definition) is 1. The highest BCUT2D eigenvalue weighted by molar-refractivity contribution is 7.89. The second kappa shape index (κ2) is 8.28. The van der Waals surface area contributed by atoms with E-state index in [1.165, 1.54) is 22.9 Å². The van der Waals surface area contributed by atoms with E-state index in [1.807, 2.05) is 24.3 Å². The van der Waals surface area contributed by atoms with Gasteiger partial charge >= 0.3 is 0 Å². The van der Waals surface area contributed by atoms with Gasteiger partial charge in [0, 0.05) is 37.8 Å². The molecule has 178 valence electrons. The molecule has 2 aromatic carbocycles. The number of imidazole rings is 1. The fraction of sp³-hybridized carbons (Fsp3) is 0.333. The molecule has 2 aliphatic rings. The number of benzene rings is 2. The molecule has 1 saturated heterocycles. The third kappa shape index (κ3) is 3.61. The van der Waals surface area contributed by atoms with Crippen molar-refractivity contribution in [1.82, 2.24) is 19.2 Å². The quantitative estimate of drug-likeness (QED) is 0.615. The van der Waals surface area contributed by atoms with Gasteiger partial charge in [-0.05, 0) is 42.5 Å². The largest absolute Gasteiger partial charge is 0.348 e. The molecule has 0 radical (unpaired) electrons. The lowest BCUT2D eigenvalue weighted by molar-refractivity contribution is 0.0888. The van der Waals surface area contributed by atoms with E-state index in [2.05, 4.69) is 10.3 Å². The molecule has 1 aliphatic heterocycles. The van der Waals surface area contributed by atoms with Crippen molar-refractivity contribution in [2.24, 2.45) is 7.05 Å². The maximum atomic E-state index is 14.2. The number of aryl methyl sites for hydroxylation is 1. The number of carbonyl (C=O) groups excluding carboxylic acids is 1. The van der Waals surface area contributed by atoms with Crippen molar-refractivity contribution in [3.8, 4) is 0 Å². The van der Waals surface area contributed by atoms with Gasteiger partial charge in [-0.3, -0.25) is 4.79 Å². The Balaban J connectivity index is 1.43. The Morgan fingerprint density at radius 2 is 1.76 bits per heavy atom. The molecule has 2 heterocycles. The van der Waals surface area contributed by atoms with Crippen LogP contribution in [0.2, 0.25) is 0 Å². The van der Waals surface area contributed by atoms with E-state index < -0.39 is 44.6 Å². The maximum absolute atomic E-state index is 14.2. The first-order valence-electron chi connectivity index (χ1n) is 11.0. The van der Waals surface area contributed by atoms with E-state index in [-0.39, 0.29) is 18.1 Å². The number of rotatable bonds is 4. The fourth-order valence-electron chi connectivity index (χ4n) is 5.32. The molecule has 0 bridgehead atoms. The monoisotopic (exact) mass is 486 g/mol. The van der Waals surface area contributed by atoms with Crippen molar-refractivity contribution in [3.05, 3.63) is 83.3 Å². The number of fused-ring (bicyclic) bond motifs is 2. The maximum Gasteiger partial charge on any atom is 0.262 e. The van der Waals surface area contributed by atoms with Crippen LogP contribution in [0.4, 0.5) is 8.78 Å². The van der Waals surface area contributed by atoms with Crippen molar-refractivity contribution < 1.29 is 22.0 Å². The second-order valence-electron chi connectivity index (χ2n) is 8.92. The van der Waals surface area contributed by atoms with Crippen molar-refractivity contribution in [3.63, 3.8) is 0 Å². The number of hydrogen-bond acceptors (Lipinski definition) is 4. The van der Waals surface area contributed by atoms with Crippen molar-refractivity contribution in [1.29, 1.82) is 0 Å². The van der Waals surface area contributed by atoms with E-state index in [0.29, 0.717) is 19.3 Å². The summed E-state index contributed by atoms with van der Waals surface area (Å²) < 4.78 is 57.6. The van der Waals surface area contributed by atoms with E-state index in [0.717, 1.165) is 23.3 Å². The molecular formula is C24H24F2N4O3S. The first-order chi connectivity index (χ1) is 16.2. The van der Waals surface area contributed by atoms with Gasteiger partial charge in [-0.25, -0.2) is 22.2 Å². The summed E-state index contributed by atoms with van der Waals surface area (Å²) in [6, 6.07) is 10.7. The summed E-state index contributed by atoms with van der Waals surface area (Å²) in [4.78, 5) is 16.9. The lowest BCUT2D eigenvalue weighted by Crippen LogP contribution is -2.54. The van der Waals surface area contributed by atoms with Crippen molar-refractivity contribution in [2.75, 3.05) is 13.1 Å². The number of halogens is 2. The number of nitrogens with one attached hydrogen (secondary N) is 1. The molecule has 1 unspecified atom stereocenters. The number of nitrogens with zero attached hydrogens (tertiary/aromatic N) is 3. The second-order valence-corrected chi connectivity index (χ2v) is 10.8. The molecule has 1 spiro atoms. The van der Waals surface area contributed by atoms with Gasteiger partial charge in [-0.1, -0.05) is 30.3 Å². The minimum atomic E-state index is -3.74. The molecule has 1 N–H and O–H groups in total. The molecule has 5 rings (SSSR count). The van der Waals surface area contributed by atoms with Gasteiger partial charge in [-0.2, -0.15) is 4.31 Å². The van der Waals surface area contributed by atoms with Crippen LogP contribution >= 0.6 is 0 Å². The van der Waals surface area contributed by atoms with Crippen LogP contribution in [0.15, 0.2) is 60.0 Å². The lowest BCUT2D eigenvalue weighted by Gasteiger charge is -2.43. The van der Waals surface area contributed by atoms with E-state index in [9.17, 15) is 22.0 Å². The van der Waals surface area contributed by atoms with Crippen LogP contribution in [0.5, 0.6) is 0 Å². The number of sulfonamides is 1. The van der Waals surface area contributed by atoms with Crippen LogP contribution in [0.3, 0.4) is 0 Å². The average Bonchev–Trinajstić information content (AvgIpc) is 3.37. The van der Waals surface area contributed by atoms with Crippen LogP contribution in [0.25, 0.3) is 0 Å². The van der Waals surface area contributed by atoms with Crippen LogP contribution in [-0.4, -0.2) is 47.3 Å².